The molecule has 0 heterocycles. The lowest BCUT2D eigenvalue weighted by Gasteiger charge is -2.16. The number of allylic oxidation sites excluding steroid dienone is 1. The molecule has 0 saturated carbocycles. The highest BCUT2D eigenvalue weighted by Crippen LogP contribution is 2.17. The molecule has 0 fully saturated rings. The molecule has 80 valence electrons. The smallest absolute Gasteiger partial charge is 0.0717 e. The minimum absolute atomic E-state index is 0.641. The standard InChI is InChI=1S/C14H18O/c1-3-7-13(8-4-1)11-15-12-14-9-5-2-6-10-14/h1,3-5,7-9,14H,2,6,10-12H2/t14-/m0/s1. The molecular weight excluding hydrogens is 184 g/mol. The summed E-state index contributed by atoms with van der Waals surface area (Å²) >= 11 is 0. The van der Waals surface area contributed by atoms with Crippen LogP contribution < -0.4 is 0 Å². The molecule has 0 bridgehead atoms. The van der Waals surface area contributed by atoms with Crippen LogP contribution in [-0.4, -0.2) is 6.61 Å². The molecule has 0 unspecified atom stereocenters. The third kappa shape index (κ3) is 3.52. The van der Waals surface area contributed by atoms with Crippen molar-refractivity contribution in [2.75, 3.05) is 6.61 Å². The summed E-state index contributed by atoms with van der Waals surface area (Å²) in [5.41, 5.74) is 1.26. The van der Waals surface area contributed by atoms with Gasteiger partial charge in [-0.3, -0.25) is 0 Å². The Balaban J connectivity index is 1.70. The topological polar surface area (TPSA) is 9.23 Å². The van der Waals surface area contributed by atoms with Crippen molar-refractivity contribution in [2.45, 2.75) is 25.9 Å². The predicted octanol–water partition coefficient (Wildman–Crippen LogP) is 3.56. The van der Waals surface area contributed by atoms with E-state index in [-0.39, 0.29) is 0 Å². The molecule has 15 heavy (non-hydrogen) atoms. The van der Waals surface area contributed by atoms with Gasteiger partial charge in [0.25, 0.3) is 0 Å². The van der Waals surface area contributed by atoms with Crippen molar-refractivity contribution in [3.05, 3.63) is 48.0 Å². The average Bonchev–Trinajstić information content (AvgIpc) is 2.32. The van der Waals surface area contributed by atoms with Gasteiger partial charge in [0.05, 0.1) is 13.2 Å². The first kappa shape index (κ1) is 10.4. The van der Waals surface area contributed by atoms with Crippen molar-refractivity contribution in [3.63, 3.8) is 0 Å². The van der Waals surface area contributed by atoms with E-state index in [9.17, 15) is 0 Å². The number of hydrogen-bond acceptors (Lipinski definition) is 1. The van der Waals surface area contributed by atoms with E-state index >= 15 is 0 Å². The van der Waals surface area contributed by atoms with Gasteiger partial charge in [0.1, 0.15) is 0 Å². The van der Waals surface area contributed by atoms with Gasteiger partial charge >= 0.3 is 0 Å². The number of benzene rings is 1. The highest BCUT2D eigenvalue weighted by atomic mass is 16.5. The fourth-order valence-electron chi connectivity index (χ4n) is 1.92. The van der Waals surface area contributed by atoms with Crippen molar-refractivity contribution < 1.29 is 4.74 Å². The van der Waals surface area contributed by atoms with Crippen molar-refractivity contribution in [2.24, 2.45) is 5.92 Å². The average molecular weight is 202 g/mol. The van der Waals surface area contributed by atoms with Crippen molar-refractivity contribution in [1.29, 1.82) is 0 Å². The molecule has 1 atom stereocenters. The van der Waals surface area contributed by atoms with E-state index in [1.54, 1.807) is 0 Å². The molecule has 1 heteroatoms. The van der Waals surface area contributed by atoms with Crippen LogP contribution in [0.5, 0.6) is 0 Å². The van der Waals surface area contributed by atoms with E-state index in [1.165, 1.54) is 24.8 Å². The van der Waals surface area contributed by atoms with Gasteiger partial charge < -0.3 is 4.74 Å². The van der Waals surface area contributed by atoms with Crippen LogP contribution in [0.4, 0.5) is 0 Å². The Morgan fingerprint density at radius 1 is 1.20 bits per heavy atom. The third-order valence-electron chi connectivity index (χ3n) is 2.80. The zero-order chi connectivity index (χ0) is 10.3. The van der Waals surface area contributed by atoms with Gasteiger partial charge in [-0.1, -0.05) is 42.5 Å². The molecule has 1 nitrogen and oxygen atoms in total. The second-order valence-corrected chi connectivity index (χ2v) is 4.12. The molecule has 1 aliphatic carbocycles. The fourth-order valence-corrected chi connectivity index (χ4v) is 1.92. The van der Waals surface area contributed by atoms with E-state index < -0.39 is 0 Å². The highest BCUT2D eigenvalue weighted by Gasteiger charge is 2.07. The summed E-state index contributed by atoms with van der Waals surface area (Å²) in [7, 11) is 0. The van der Waals surface area contributed by atoms with Gasteiger partial charge in [0, 0.05) is 5.92 Å². The van der Waals surface area contributed by atoms with Crippen LogP contribution in [0.15, 0.2) is 42.5 Å². The van der Waals surface area contributed by atoms with Gasteiger partial charge in [-0.2, -0.15) is 0 Å². The number of rotatable bonds is 4. The molecule has 1 aromatic rings. The van der Waals surface area contributed by atoms with Crippen LogP contribution in [-0.2, 0) is 11.3 Å². The number of hydrogen-bond donors (Lipinski definition) is 0. The Hall–Kier alpha value is -1.08. The van der Waals surface area contributed by atoms with Gasteiger partial charge in [0.2, 0.25) is 0 Å². The van der Waals surface area contributed by atoms with Crippen LogP contribution in [0.25, 0.3) is 0 Å². The fraction of sp³-hybridized carbons (Fsp3) is 0.429. The van der Waals surface area contributed by atoms with Crippen molar-refractivity contribution >= 4 is 0 Å². The summed E-state index contributed by atoms with van der Waals surface area (Å²) in [5.74, 6) is 0.641. The van der Waals surface area contributed by atoms with Crippen LogP contribution in [0.3, 0.4) is 0 Å². The van der Waals surface area contributed by atoms with Gasteiger partial charge in [-0.05, 0) is 24.8 Å². The SMILES string of the molecule is C1=C[C@H](COCc2ccccc2)CCC1. The molecular formula is C14H18O. The van der Waals surface area contributed by atoms with Crippen molar-refractivity contribution in [1.82, 2.24) is 0 Å². The second-order valence-electron chi connectivity index (χ2n) is 4.12. The summed E-state index contributed by atoms with van der Waals surface area (Å²) in [6.07, 6.45) is 8.42. The number of ether oxygens (including phenoxy) is 1. The van der Waals surface area contributed by atoms with E-state index in [1.807, 2.05) is 6.07 Å². The molecule has 0 amide bonds. The van der Waals surface area contributed by atoms with Crippen LogP contribution in [0, 0.1) is 5.92 Å². The monoisotopic (exact) mass is 202 g/mol. The molecule has 0 spiro atoms. The molecule has 0 aromatic heterocycles. The lowest BCUT2D eigenvalue weighted by Crippen LogP contribution is -2.09. The molecule has 0 saturated heterocycles. The lowest BCUT2D eigenvalue weighted by atomic mass is 9.97. The summed E-state index contributed by atoms with van der Waals surface area (Å²) in [5, 5.41) is 0. The molecule has 2 rings (SSSR count). The second kappa shape index (κ2) is 5.72. The predicted molar refractivity (Wildman–Crippen MR) is 62.6 cm³/mol. The Kier molecular flexibility index (Phi) is 3.98. The first-order chi connectivity index (χ1) is 7.45. The largest absolute Gasteiger partial charge is 0.376 e. The summed E-state index contributed by atoms with van der Waals surface area (Å²) in [6.45, 7) is 1.61. The zero-order valence-corrected chi connectivity index (χ0v) is 9.06. The third-order valence-corrected chi connectivity index (χ3v) is 2.80. The maximum Gasteiger partial charge on any atom is 0.0717 e. The van der Waals surface area contributed by atoms with Crippen LogP contribution in [0.1, 0.15) is 24.8 Å². The summed E-state index contributed by atoms with van der Waals surface area (Å²) < 4.78 is 5.71. The Morgan fingerprint density at radius 2 is 2.07 bits per heavy atom. The maximum atomic E-state index is 5.71. The van der Waals surface area contributed by atoms with E-state index in [0.29, 0.717) is 5.92 Å². The Morgan fingerprint density at radius 3 is 2.80 bits per heavy atom. The minimum Gasteiger partial charge on any atom is -0.376 e. The maximum absolute atomic E-state index is 5.71. The quantitative estimate of drug-likeness (QED) is 0.678. The van der Waals surface area contributed by atoms with E-state index in [4.69, 9.17) is 4.74 Å². The molecule has 0 N–H and O–H groups in total. The highest BCUT2D eigenvalue weighted by molar-refractivity contribution is 5.13. The summed E-state index contributed by atoms with van der Waals surface area (Å²) in [6, 6.07) is 10.4. The minimum atomic E-state index is 0.641. The first-order valence-electron chi connectivity index (χ1n) is 5.73. The normalized spacial score (nSPS) is 20.4. The Bertz CT molecular complexity index is 302. The van der Waals surface area contributed by atoms with E-state index in [0.717, 1.165) is 13.2 Å². The van der Waals surface area contributed by atoms with Gasteiger partial charge in [-0.25, -0.2) is 0 Å². The van der Waals surface area contributed by atoms with E-state index in [2.05, 4.69) is 36.4 Å². The van der Waals surface area contributed by atoms with Crippen LogP contribution >= 0.6 is 0 Å². The van der Waals surface area contributed by atoms with Gasteiger partial charge in [0.15, 0.2) is 0 Å². The first-order valence-corrected chi connectivity index (χ1v) is 5.73. The lowest BCUT2D eigenvalue weighted by molar-refractivity contribution is 0.0956. The zero-order valence-electron chi connectivity index (χ0n) is 9.06. The molecule has 0 aliphatic heterocycles. The van der Waals surface area contributed by atoms with Crippen LogP contribution in [0.2, 0.25) is 0 Å². The Labute approximate surface area is 91.8 Å². The molecule has 1 aliphatic rings. The molecule has 1 aromatic carbocycles. The summed E-state index contributed by atoms with van der Waals surface area (Å²) in [4.78, 5) is 0. The molecule has 0 radical (unpaired) electrons. The van der Waals surface area contributed by atoms with Gasteiger partial charge in [-0.15, -0.1) is 0 Å². The van der Waals surface area contributed by atoms with Crippen molar-refractivity contribution in [3.8, 4) is 0 Å².